The summed E-state index contributed by atoms with van der Waals surface area (Å²) in [6, 6.07) is 0.448. The quantitative estimate of drug-likeness (QED) is 0.834. The van der Waals surface area contributed by atoms with Crippen LogP contribution in [0.5, 0.6) is 0 Å². The van der Waals surface area contributed by atoms with Crippen LogP contribution in [0.2, 0.25) is 0 Å². The molecule has 2 heterocycles. The first kappa shape index (κ1) is 17.0. The molecule has 0 aromatic carbocycles. The Morgan fingerprint density at radius 3 is 2.55 bits per heavy atom. The van der Waals surface area contributed by atoms with Gasteiger partial charge >= 0.3 is 0 Å². The third-order valence-electron chi connectivity index (χ3n) is 4.21. The molecule has 0 aromatic rings. The first-order chi connectivity index (χ1) is 10.3. The zero-order chi connectivity index (χ0) is 14.8. The van der Waals surface area contributed by atoms with Crippen molar-refractivity contribution in [3.8, 4) is 11.5 Å². The normalized spacial score (nSPS) is 14.4. The maximum Gasteiger partial charge on any atom is 0.165 e. The molecule has 1 N–H and O–H groups in total. The number of halogens is 1. The van der Waals surface area contributed by atoms with Crippen LogP contribution in [0.3, 0.4) is 0 Å². The summed E-state index contributed by atoms with van der Waals surface area (Å²) >= 11 is 0. The Morgan fingerprint density at radius 1 is 1.23 bits per heavy atom. The predicted molar refractivity (Wildman–Crippen MR) is 91.9 cm³/mol. The summed E-state index contributed by atoms with van der Waals surface area (Å²) in [5, 5.41) is 3.54. The predicted octanol–water partition coefficient (Wildman–Crippen LogP) is 4.09. The third kappa shape index (κ3) is 3.35. The highest BCUT2D eigenvalue weighted by molar-refractivity contribution is 5.85. The molecule has 3 aliphatic rings. The second kappa shape index (κ2) is 7.27. The maximum absolute atomic E-state index is 4.78. The molecule has 0 unspecified atom stereocenters. The van der Waals surface area contributed by atoms with Crippen molar-refractivity contribution in [2.75, 3.05) is 5.32 Å². The van der Waals surface area contributed by atoms with E-state index in [4.69, 9.17) is 9.97 Å². The number of imidazole rings is 1. The Kier molecular flexibility index (Phi) is 5.62. The fraction of sp³-hybridized carbons (Fsp3) is 0.688. The molecule has 0 radical (unpaired) electrons. The topological polar surface area (TPSA) is 55.6 Å². The van der Waals surface area contributed by atoms with Crippen molar-refractivity contribution >= 4 is 18.2 Å². The zero-order valence-corrected chi connectivity index (χ0v) is 14.5. The van der Waals surface area contributed by atoms with Crippen LogP contribution < -0.4 is 5.32 Å². The van der Waals surface area contributed by atoms with Gasteiger partial charge in [0.25, 0.3) is 0 Å². The zero-order valence-electron chi connectivity index (χ0n) is 13.7. The van der Waals surface area contributed by atoms with E-state index in [1.807, 2.05) is 6.33 Å². The molecule has 6 heteroatoms. The van der Waals surface area contributed by atoms with Crippen molar-refractivity contribution in [1.29, 1.82) is 0 Å². The molecule has 22 heavy (non-hydrogen) atoms. The second-order valence-corrected chi connectivity index (χ2v) is 5.97. The van der Waals surface area contributed by atoms with E-state index in [-0.39, 0.29) is 12.4 Å². The highest BCUT2D eigenvalue weighted by Crippen LogP contribution is 2.40. The Hall–Kier alpha value is -1.36. The molecule has 1 saturated carbocycles. The van der Waals surface area contributed by atoms with Crippen LogP contribution in [0.15, 0.2) is 6.33 Å². The van der Waals surface area contributed by atoms with Gasteiger partial charge in [-0.05, 0) is 32.1 Å². The molecule has 5 nitrogen and oxygen atoms in total. The van der Waals surface area contributed by atoms with Gasteiger partial charge in [0.15, 0.2) is 17.3 Å². The van der Waals surface area contributed by atoms with E-state index in [1.165, 1.54) is 12.8 Å². The Morgan fingerprint density at radius 2 is 1.95 bits per heavy atom. The average Bonchev–Trinajstić information content (AvgIpc) is 3.25. The van der Waals surface area contributed by atoms with Crippen LogP contribution in [0, 0.1) is 0 Å². The number of nitrogens with one attached hydrogen (secondary N) is 1. The van der Waals surface area contributed by atoms with Gasteiger partial charge in [-0.3, -0.25) is 0 Å². The monoisotopic (exact) mass is 323 g/mol. The summed E-state index contributed by atoms with van der Waals surface area (Å²) in [5.41, 5.74) is 0.944. The van der Waals surface area contributed by atoms with E-state index in [9.17, 15) is 0 Å². The molecule has 0 spiro atoms. The van der Waals surface area contributed by atoms with Gasteiger partial charge in [0.1, 0.15) is 5.82 Å². The van der Waals surface area contributed by atoms with Crippen LogP contribution in [0.25, 0.3) is 11.5 Å². The Bertz CT molecular complexity index is 574. The smallest absolute Gasteiger partial charge is 0.165 e. The van der Waals surface area contributed by atoms with Crippen molar-refractivity contribution in [2.24, 2.45) is 0 Å². The molecule has 0 bridgehead atoms. The fourth-order valence-corrected chi connectivity index (χ4v) is 2.67. The van der Waals surface area contributed by atoms with Crippen molar-refractivity contribution < 1.29 is 0 Å². The van der Waals surface area contributed by atoms with Crippen LogP contribution in [0.1, 0.15) is 64.6 Å². The average molecular weight is 324 g/mol. The lowest BCUT2D eigenvalue weighted by Gasteiger charge is -2.18. The number of hydrogen-bond donors (Lipinski definition) is 1. The summed E-state index contributed by atoms with van der Waals surface area (Å²) in [5.74, 6) is 3.47. The van der Waals surface area contributed by atoms with Crippen molar-refractivity contribution in [3.63, 3.8) is 0 Å². The van der Waals surface area contributed by atoms with Crippen LogP contribution in [0.4, 0.5) is 5.82 Å². The maximum atomic E-state index is 4.78. The SMILES string of the molecule is CCCn1cnc(NC(CC)CC)c2nc(C3CC3)nc1-2.Cl. The molecule has 1 aliphatic carbocycles. The van der Waals surface area contributed by atoms with Crippen molar-refractivity contribution in [1.82, 2.24) is 19.5 Å². The summed E-state index contributed by atoms with van der Waals surface area (Å²) in [6.07, 6.45) is 7.62. The second-order valence-electron chi connectivity index (χ2n) is 5.97. The number of aromatic nitrogens is 4. The van der Waals surface area contributed by atoms with Gasteiger partial charge in [0.2, 0.25) is 0 Å². The van der Waals surface area contributed by atoms with Gasteiger partial charge in [-0.15, -0.1) is 12.4 Å². The van der Waals surface area contributed by atoms with E-state index < -0.39 is 0 Å². The number of anilines is 1. The van der Waals surface area contributed by atoms with E-state index in [0.29, 0.717) is 12.0 Å². The van der Waals surface area contributed by atoms with Crippen molar-refractivity contribution in [3.05, 3.63) is 12.2 Å². The molecule has 3 rings (SSSR count). The van der Waals surface area contributed by atoms with E-state index >= 15 is 0 Å². The highest BCUT2D eigenvalue weighted by atomic mass is 35.5. The van der Waals surface area contributed by atoms with Crippen LogP contribution in [-0.4, -0.2) is 25.6 Å². The molecular weight excluding hydrogens is 298 g/mol. The molecule has 0 saturated heterocycles. The van der Waals surface area contributed by atoms with E-state index in [1.54, 1.807) is 0 Å². The summed E-state index contributed by atoms with van der Waals surface area (Å²) in [7, 11) is 0. The molecule has 0 atom stereocenters. The summed E-state index contributed by atoms with van der Waals surface area (Å²) in [4.78, 5) is 14.2. The molecule has 2 aliphatic heterocycles. The number of aryl methyl sites for hydroxylation is 1. The lowest BCUT2D eigenvalue weighted by atomic mass is 10.1. The van der Waals surface area contributed by atoms with Gasteiger partial charge in [-0.2, -0.15) is 0 Å². The van der Waals surface area contributed by atoms with Gasteiger partial charge in [0.05, 0.1) is 6.33 Å². The van der Waals surface area contributed by atoms with Crippen LogP contribution in [-0.2, 0) is 6.54 Å². The number of fused-ring (bicyclic) bond motifs is 1. The van der Waals surface area contributed by atoms with Gasteiger partial charge in [0, 0.05) is 18.5 Å². The number of rotatable bonds is 7. The fourth-order valence-electron chi connectivity index (χ4n) is 2.67. The third-order valence-corrected chi connectivity index (χ3v) is 4.21. The van der Waals surface area contributed by atoms with E-state index in [0.717, 1.165) is 49.0 Å². The molecule has 1 fully saturated rings. The first-order valence-electron chi connectivity index (χ1n) is 8.26. The van der Waals surface area contributed by atoms with Crippen molar-refractivity contribution in [2.45, 2.75) is 71.4 Å². The lowest BCUT2D eigenvalue weighted by molar-refractivity contribution is 0.647. The standard InChI is InChI=1S/C16H25N5.ClH/c1-4-9-21-10-17-15(18-12(5-2)6-3)13-16(21)20-14(19-13)11-7-8-11;/h10-12,18H,4-9H2,1-3H3;1H. The Labute approximate surface area is 138 Å². The van der Waals surface area contributed by atoms with E-state index in [2.05, 4.69) is 35.6 Å². The molecule has 0 aromatic heterocycles. The minimum Gasteiger partial charge on any atom is -0.365 e. The Balaban J connectivity index is 0.00000176. The molecular formula is C16H26ClN5. The van der Waals surface area contributed by atoms with Crippen LogP contribution >= 0.6 is 12.4 Å². The minimum atomic E-state index is 0. The summed E-state index contributed by atoms with van der Waals surface area (Å²) < 4.78 is 2.13. The summed E-state index contributed by atoms with van der Waals surface area (Å²) in [6.45, 7) is 7.51. The molecule has 0 amide bonds. The van der Waals surface area contributed by atoms with Gasteiger partial charge in [-0.1, -0.05) is 20.8 Å². The molecule has 122 valence electrons. The largest absolute Gasteiger partial charge is 0.365 e. The first-order valence-corrected chi connectivity index (χ1v) is 8.26. The van der Waals surface area contributed by atoms with Gasteiger partial charge < -0.3 is 9.88 Å². The lowest BCUT2D eigenvalue weighted by Crippen LogP contribution is -2.20. The number of nitrogens with zero attached hydrogens (tertiary/aromatic N) is 4. The van der Waals surface area contributed by atoms with Gasteiger partial charge in [-0.25, -0.2) is 15.0 Å². The highest BCUT2D eigenvalue weighted by Gasteiger charge is 2.31. The minimum absolute atomic E-state index is 0. The number of hydrogen-bond acceptors (Lipinski definition) is 4.